The number of hydrogen-bond donors (Lipinski definition) is 2. The zero-order valence-corrected chi connectivity index (χ0v) is 13.4. The van der Waals surface area contributed by atoms with Crippen LogP contribution in [0.2, 0.25) is 5.02 Å². The summed E-state index contributed by atoms with van der Waals surface area (Å²) in [4.78, 5) is 15.9. The summed E-state index contributed by atoms with van der Waals surface area (Å²) in [6.45, 7) is -0.257. The molecule has 0 radical (unpaired) electrons. The Morgan fingerprint density at radius 2 is 2.20 bits per heavy atom. The molecule has 11 heteroatoms. The molecule has 0 saturated heterocycles. The van der Waals surface area contributed by atoms with Gasteiger partial charge < -0.3 is 5.32 Å². The van der Waals surface area contributed by atoms with Gasteiger partial charge in [-0.3, -0.25) is 9.63 Å². The van der Waals surface area contributed by atoms with Crippen LogP contribution in [0.15, 0.2) is 24.4 Å². The van der Waals surface area contributed by atoms with E-state index in [9.17, 15) is 18.0 Å². The maximum absolute atomic E-state index is 12.7. The van der Waals surface area contributed by atoms with Crippen LogP contribution < -0.4 is 10.8 Å². The second-order valence-electron chi connectivity index (χ2n) is 4.68. The van der Waals surface area contributed by atoms with Crippen LogP contribution in [-0.2, 0) is 15.8 Å². The summed E-state index contributed by atoms with van der Waals surface area (Å²) in [5.41, 5.74) is 1.36. The molecule has 0 bridgehead atoms. The number of carbonyl (C=O) groups excluding carboxylic acids is 1. The molecule has 2 aromatic rings. The predicted octanol–water partition coefficient (Wildman–Crippen LogP) is 2.51. The van der Waals surface area contributed by atoms with E-state index in [-0.39, 0.29) is 28.6 Å². The highest BCUT2D eigenvalue weighted by Crippen LogP contribution is 2.34. The Morgan fingerprint density at radius 1 is 1.48 bits per heavy atom. The molecule has 0 saturated carbocycles. The summed E-state index contributed by atoms with van der Waals surface area (Å²) in [6, 6.07) is 4.59. The second kappa shape index (κ2) is 7.42. The van der Waals surface area contributed by atoms with Gasteiger partial charge in [-0.05, 0) is 18.2 Å². The average Bonchev–Trinajstić information content (AvgIpc) is 2.95. The molecular formula is C14H11ClF3N5O2. The molecule has 2 N–H and O–H groups in total. The van der Waals surface area contributed by atoms with Gasteiger partial charge in [0.1, 0.15) is 17.5 Å². The second-order valence-corrected chi connectivity index (χ2v) is 5.08. The summed E-state index contributed by atoms with van der Waals surface area (Å²) >= 11 is 5.94. The lowest BCUT2D eigenvalue weighted by Crippen LogP contribution is -2.29. The average molecular weight is 374 g/mol. The van der Waals surface area contributed by atoms with E-state index in [0.717, 1.165) is 22.9 Å². The van der Waals surface area contributed by atoms with E-state index in [1.165, 1.54) is 13.3 Å². The maximum Gasteiger partial charge on any atom is 0.416 e. The molecule has 0 aliphatic rings. The summed E-state index contributed by atoms with van der Waals surface area (Å²) in [7, 11) is 1.25. The van der Waals surface area contributed by atoms with Crippen molar-refractivity contribution in [2.75, 3.05) is 19.0 Å². The van der Waals surface area contributed by atoms with Gasteiger partial charge in [0.25, 0.3) is 5.91 Å². The highest BCUT2D eigenvalue weighted by molar-refractivity contribution is 6.32. The first-order valence-electron chi connectivity index (χ1n) is 6.69. The summed E-state index contributed by atoms with van der Waals surface area (Å²) in [5, 5.41) is 15.5. The van der Waals surface area contributed by atoms with E-state index in [2.05, 4.69) is 20.7 Å². The van der Waals surface area contributed by atoms with Gasteiger partial charge in [-0.1, -0.05) is 11.6 Å². The van der Waals surface area contributed by atoms with Crippen LogP contribution in [0, 0.1) is 11.3 Å². The third kappa shape index (κ3) is 4.20. The van der Waals surface area contributed by atoms with E-state index in [4.69, 9.17) is 16.9 Å². The van der Waals surface area contributed by atoms with E-state index < -0.39 is 17.6 Å². The molecule has 1 aromatic heterocycles. The molecule has 0 aliphatic heterocycles. The van der Waals surface area contributed by atoms with E-state index in [0.29, 0.717) is 0 Å². The van der Waals surface area contributed by atoms with Crippen molar-refractivity contribution in [3.63, 3.8) is 0 Å². The van der Waals surface area contributed by atoms with Gasteiger partial charge in [0.15, 0.2) is 0 Å². The lowest BCUT2D eigenvalue weighted by molar-refractivity contribution is -0.137. The standard InChI is InChI=1S/C14H11ClF3N5O2/c1-25-22-12(24)7-20-13-8(5-19)6-21-23(13)11-3-2-9(4-10(11)15)14(16,17)18/h2-4,6,20H,7H2,1H3,(H,22,24). The molecule has 132 valence electrons. The number of halogens is 4. The molecule has 0 aliphatic carbocycles. The summed E-state index contributed by atoms with van der Waals surface area (Å²) in [6.07, 6.45) is -3.34. The van der Waals surface area contributed by atoms with E-state index in [1.807, 2.05) is 6.07 Å². The van der Waals surface area contributed by atoms with Gasteiger partial charge in [-0.15, -0.1) is 0 Å². The fourth-order valence-electron chi connectivity index (χ4n) is 1.95. The van der Waals surface area contributed by atoms with Crippen molar-refractivity contribution in [1.29, 1.82) is 5.26 Å². The van der Waals surface area contributed by atoms with Crippen molar-refractivity contribution in [2.45, 2.75) is 6.18 Å². The Morgan fingerprint density at radius 3 is 2.76 bits per heavy atom. The van der Waals surface area contributed by atoms with Crippen LogP contribution in [0.25, 0.3) is 5.69 Å². The fraction of sp³-hybridized carbons (Fsp3) is 0.214. The zero-order valence-electron chi connectivity index (χ0n) is 12.7. The summed E-state index contributed by atoms with van der Waals surface area (Å²) < 4.78 is 39.3. The predicted molar refractivity (Wildman–Crippen MR) is 81.9 cm³/mol. The molecule has 1 amide bonds. The minimum Gasteiger partial charge on any atom is -0.360 e. The molecule has 1 heterocycles. The van der Waals surface area contributed by atoms with Crippen LogP contribution in [0.3, 0.4) is 0 Å². The number of anilines is 1. The number of nitrogens with one attached hydrogen (secondary N) is 2. The Hall–Kier alpha value is -2.77. The third-order valence-corrected chi connectivity index (χ3v) is 3.33. The van der Waals surface area contributed by atoms with E-state index in [1.54, 1.807) is 0 Å². The Balaban J connectivity index is 2.38. The number of nitriles is 1. The topological polar surface area (TPSA) is 92.0 Å². The molecule has 0 atom stereocenters. The maximum atomic E-state index is 12.7. The smallest absolute Gasteiger partial charge is 0.360 e. The molecule has 2 rings (SSSR count). The van der Waals surface area contributed by atoms with Crippen molar-refractivity contribution in [2.24, 2.45) is 0 Å². The Kier molecular flexibility index (Phi) is 5.51. The number of aromatic nitrogens is 2. The van der Waals surface area contributed by atoms with Crippen LogP contribution in [0.4, 0.5) is 19.0 Å². The number of alkyl halides is 3. The number of rotatable bonds is 5. The minimum absolute atomic E-state index is 0.0844. The number of nitrogens with zero attached hydrogens (tertiary/aromatic N) is 3. The van der Waals surface area contributed by atoms with Crippen molar-refractivity contribution >= 4 is 23.3 Å². The van der Waals surface area contributed by atoms with Gasteiger partial charge >= 0.3 is 6.18 Å². The van der Waals surface area contributed by atoms with Crippen molar-refractivity contribution in [3.05, 3.63) is 40.5 Å². The molecular weight excluding hydrogens is 363 g/mol. The monoisotopic (exact) mass is 373 g/mol. The molecule has 7 nitrogen and oxygen atoms in total. The van der Waals surface area contributed by atoms with Crippen LogP contribution >= 0.6 is 11.6 Å². The van der Waals surface area contributed by atoms with Gasteiger partial charge in [0.2, 0.25) is 0 Å². The molecule has 0 fully saturated rings. The van der Waals surface area contributed by atoms with Crippen LogP contribution in [0.5, 0.6) is 0 Å². The van der Waals surface area contributed by atoms with Gasteiger partial charge in [0.05, 0.1) is 36.1 Å². The molecule has 0 unspecified atom stereocenters. The number of hydroxylamine groups is 1. The van der Waals surface area contributed by atoms with Crippen LogP contribution in [0.1, 0.15) is 11.1 Å². The van der Waals surface area contributed by atoms with Gasteiger partial charge in [-0.25, -0.2) is 10.2 Å². The first-order chi connectivity index (χ1) is 11.8. The molecule has 0 spiro atoms. The summed E-state index contributed by atoms with van der Waals surface area (Å²) in [5.74, 6) is -0.423. The minimum atomic E-state index is -4.54. The number of hydrogen-bond acceptors (Lipinski definition) is 5. The van der Waals surface area contributed by atoms with Gasteiger partial charge in [-0.2, -0.15) is 23.5 Å². The van der Waals surface area contributed by atoms with Crippen molar-refractivity contribution in [3.8, 4) is 11.8 Å². The Bertz CT molecular complexity index is 829. The third-order valence-electron chi connectivity index (χ3n) is 3.03. The fourth-order valence-corrected chi connectivity index (χ4v) is 2.21. The van der Waals surface area contributed by atoms with Crippen molar-refractivity contribution < 1.29 is 22.8 Å². The number of carbonyl (C=O) groups is 1. The Labute approximate surface area is 144 Å². The normalized spacial score (nSPS) is 11.0. The first-order valence-corrected chi connectivity index (χ1v) is 7.06. The largest absolute Gasteiger partial charge is 0.416 e. The first kappa shape index (κ1) is 18.6. The van der Waals surface area contributed by atoms with Crippen LogP contribution in [-0.4, -0.2) is 29.3 Å². The highest BCUT2D eigenvalue weighted by atomic mass is 35.5. The number of benzene rings is 1. The van der Waals surface area contributed by atoms with Gasteiger partial charge in [0, 0.05) is 0 Å². The lowest BCUT2D eigenvalue weighted by Gasteiger charge is -2.13. The quantitative estimate of drug-likeness (QED) is 0.786. The molecule has 25 heavy (non-hydrogen) atoms. The van der Waals surface area contributed by atoms with Crippen molar-refractivity contribution in [1.82, 2.24) is 15.3 Å². The molecule has 1 aromatic carbocycles. The highest BCUT2D eigenvalue weighted by Gasteiger charge is 2.31. The number of amides is 1. The van der Waals surface area contributed by atoms with E-state index >= 15 is 0 Å². The SMILES string of the molecule is CONC(=O)CNc1c(C#N)cnn1-c1ccc(C(F)(F)F)cc1Cl. The zero-order chi connectivity index (χ0) is 18.6. The lowest BCUT2D eigenvalue weighted by atomic mass is 10.2.